The number of rotatable bonds is 3. The Kier molecular flexibility index (Phi) is 5.85. The molecule has 2 rings (SSSR count). The molecule has 7 nitrogen and oxygen atoms in total. The molecule has 7 heteroatoms. The van der Waals surface area contributed by atoms with Crippen LogP contribution >= 0.6 is 0 Å². The highest BCUT2D eigenvalue weighted by molar-refractivity contribution is 5.92. The number of carbonyl (C=O) groups excluding carboxylic acids is 2. The van der Waals surface area contributed by atoms with Crippen LogP contribution in [-0.2, 0) is 11.3 Å². The van der Waals surface area contributed by atoms with E-state index < -0.39 is 5.60 Å². The van der Waals surface area contributed by atoms with Crippen molar-refractivity contribution < 1.29 is 14.3 Å². The molecule has 1 fully saturated rings. The minimum atomic E-state index is -0.508. The summed E-state index contributed by atoms with van der Waals surface area (Å²) in [6.07, 6.45) is 3.02. The van der Waals surface area contributed by atoms with Crippen molar-refractivity contribution in [1.29, 1.82) is 0 Å². The van der Waals surface area contributed by atoms with E-state index in [0.717, 1.165) is 19.4 Å². The van der Waals surface area contributed by atoms with Gasteiger partial charge in [0, 0.05) is 38.9 Å². The average Bonchev–Trinajstić information content (AvgIpc) is 2.80. The molecule has 0 N–H and O–H groups in total. The minimum absolute atomic E-state index is 0.0213. The molecule has 1 aliphatic heterocycles. The molecule has 1 saturated heterocycles. The van der Waals surface area contributed by atoms with Gasteiger partial charge in [0.05, 0.1) is 0 Å². The lowest BCUT2D eigenvalue weighted by Crippen LogP contribution is -2.40. The van der Waals surface area contributed by atoms with E-state index in [1.807, 2.05) is 20.8 Å². The van der Waals surface area contributed by atoms with Crippen molar-refractivity contribution in [3.8, 4) is 0 Å². The van der Waals surface area contributed by atoms with Crippen LogP contribution in [-0.4, -0.2) is 63.4 Å². The topological polar surface area (TPSA) is 67.7 Å². The molecule has 0 aliphatic carbocycles. The molecule has 0 bridgehead atoms. The third-order valence-electron chi connectivity index (χ3n) is 3.81. The van der Waals surface area contributed by atoms with Crippen LogP contribution < -0.4 is 0 Å². The first-order valence-electron chi connectivity index (χ1n) is 8.61. The average molecular weight is 336 g/mol. The van der Waals surface area contributed by atoms with Gasteiger partial charge >= 0.3 is 6.09 Å². The molecular formula is C17H28N4O3. The van der Waals surface area contributed by atoms with E-state index in [-0.39, 0.29) is 12.0 Å². The largest absolute Gasteiger partial charge is 0.444 e. The van der Waals surface area contributed by atoms with E-state index in [9.17, 15) is 9.59 Å². The number of ether oxygens (including phenoxy) is 1. The summed E-state index contributed by atoms with van der Waals surface area (Å²) in [5.41, 5.74) is 0.105. The zero-order valence-electron chi connectivity index (χ0n) is 15.1. The summed E-state index contributed by atoms with van der Waals surface area (Å²) in [4.78, 5) is 28.4. The van der Waals surface area contributed by atoms with Gasteiger partial charge in [-0.2, -0.15) is 5.10 Å². The summed E-state index contributed by atoms with van der Waals surface area (Å²) < 4.78 is 7.17. The van der Waals surface area contributed by atoms with Crippen molar-refractivity contribution in [1.82, 2.24) is 19.6 Å². The van der Waals surface area contributed by atoms with E-state index in [2.05, 4.69) is 12.0 Å². The second-order valence-electron chi connectivity index (χ2n) is 7.05. The first-order chi connectivity index (χ1) is 11.3. The predicted molar refractivity (Wildman–Crippen MR) is 90.8 cm³/mol. The maximum atomic E-state index is 12.7. The Balaban J connectivity index is 1.98. The summed E-state index contributed by atoms with van der Waals surface area (Å²) in [7, 11) is 0. The Bertz CT molecular complexity index is 577. The molecule has 0 radical (unpaired) electrons. The molecule has 2 heterocycles. The molecule has 134 valence electrons. The third kappa shape index (κ3) is 4.72. The van der Waals surface area contributed by atoms with Crippen LogP contribution in [0.1, 0.15) is 51.0 Å². The number of hydrogen-bond donors (Lipinski definition) is 0. The maximum Gasteiger partial charge on any atom is 0.410 e. The van der Waals surface area contributed by atoms with Crippen LogP contribution in [0, 0.1) is 0 Å². The number of amides is 2. The monoisotopic (exact) mass is 336 g/mol. The van der Waals surface area contributed by atoms with Crippen molar-refractivity contribution in [2.24, 2.45) is 0 Å². The van der Waals surface area contributed by atoms with Crippen LogP contribution in [0.4, 0.5) is 4.79 Å². The molecular weight excluding hydrogens is 308 g/mol. The number of hydrogen-bond acceptors (Lipinski definition) is 4. The van der Waals surface area contributed by atoms with Crippen molar-refractivity contribution in [3.63, 3.8) is 0 Å². The van der Waals surface area contributed by atoms with E-state index in [1.165, 1.54) is 0 Å². The van der Waals surface area contributed by atoms with Crippen molar-refractivity contribution in [3.05, 3.63) is 18.0 Å². The summed E-state index contributed by atoms with van der Waals surface area (Å²) in [6.45, 7) is 10.6. The summed E-state index contributed by atoms with van der Waals surface area (Å²) in [5.74, 6) is -0.0213. The number of aromatic nitrogens is 2. The van der Waals surface area contributed by atoms with E-state index in [4.69, 9.17) is 4.74 Å². The number of aryl methyl sites for hydroxylation is 1. The Hall–Kier alpha value is -2.05. The number of carbonyl (C=O) groups is 2. The summed E-state index contributed by atoms with van der Waals surface area (Å²) in [6, 6.07) is 1.76. The second-order valence-corrected chi connectivity index (χ2v) is 7.05. The van der Waals surface area contributed by atoms with Gasteiger partial charge in [-0.05, 0) is 39.7 Å². The normalized spacial score (nSPS) is 16.0. The molecule has 0 aromatic carbocycles. The molecule has 1 aromatic heterocycles. The highest BCUT2D eigenvalue weighted by Crippen LogP contribution is 2.14. The van der Waals surface area contributed by atoms with Gasteiger partial charge in [-0.25, -0.2) is 4.79 Å². The van der Waals surface area contributed by atoms with Crippen molar-refractivity contribution >= 4 is 12.0 Å². The van der Waals surface area contributed by atoms with E-state index >= 15 is 0 Å². The fourth-order valence-corrected chi connectivity index (χ4v) is 2.70. The zero-order valence-corrected chi connectivity index (χ0v) is 15.1. The van der Waals surface area contributed by atoms with Crippen molar-refractivity contribution in [2.45, 2.75) is 52.7 Å². The van der Waals surface area contributed by atoms with Gasteiger partial charge in [0.25, 0.3) is 5.91 Å². The molecule has 0 spiro atoms. The fraction of sp³-hybridized carbons (Fsp3) is 0.706. The van der Waals surface area contributed by atoms with Crippen LogP contribution in [0.2, 0.25) is 0 Å². The van der Waals surface area contributed by atoms with Crippen LogP contribution in [0.15, 0.2) is 12.3 Å². The maximum absolute atomic E-state index is 12.7. The molecule has 2 amide bonds. The summed E-state index contributed by atoms with van der Waals surface area (Å²) >= 11 is 0. The van der Waals surface area contributed by atoms with Crippen molar-refractivity contribution in [2.75, 3.05) is 26.2 Å². The second kappa shape index (κ2) is 7.68. The Morgan fingerprint density at radius 1 is 1.17 bits per heavy atom. The van der Waals surface area contributed by atoms with Gasteiger partial charge in [-0.1, -0.05) is 6.92 Å². The standard InChI is InChI=1S/C17H28N4O3/c1-5-9-21-14(7-8-18-21)15(22)19-10-6-11-20(13-12-19)16(23)24-17(2,3)4/h7-8H,5-6,9-13H2,1-4H3. The van der Waals surface area contributed by atoms with Gasteiger partial charge in [0.1, 0.15) is 11.3 Å². The highest BCUT2D eigenvalue weighted by atomic mass is 16.6. The van der Waals surface area contributed by atoms with E-state index in [1.54, 1.807) is 26.7 Å². The van der Waals surface area contributed by atoms with Gasteiger partial charge in [-0.3, -0.25) is 9.48 Å². The quantitative estimate of drug-likeness (QED) is 0.850. The highest BCUT2D eigenvalue weighted by Gasteiger charge is 2.27. The molecule has 0 atom stereocenters. The molecule has 0 unspecified atom stereocenters. The Morgan fingerprint density at radius 2 is 1.83 bits per heavy atom. The predicted octanol–water partition coefficient (Wildman–Crippen LogP) is 2.38. The zero-order chi connectivity index (χ0) is 17.7. The van der Waals surface area contributed by atoms with Crippen LogP contribution in [0.25, 0.3) is 0 Å². The third-order valence-corrected chi connectivity index (χ3v) is 3.81. The molecule has 0 saturated carbocycles. The Morgan fingerprint density at radius 3 is 2.50 bits per heavy atom. The first-order valence-corrected chi connectivity index (χ1v) is 8.61. The first kappa shape index (κ1) is 18.3. The lowest BCUT2D eigenvalue weighted by molar-refractivity contribution is 0.0255. The fourth-order valence-electron chi connectivity index (χ4n) is 2.70. The van der Waals surface area contributed by atoms with E-state index in [0.29, 0.717) is 31.9 Å². The molecule has 1 aliphatic rings. The summed E-state index contributed by atoms with van der Waals surface area (Å²) in [5, 5.41) is 4.21. The lowest BCUT2D eigenvalue weighted by atomic mass is 10.2. The SMILES string of the molecule is CCCn1nccc1C(=O)N1CCCN(C(=O)OC(C)(C)C)CC1. The smallest absolute Gasteiger partial charge is 0.410 e. The lowest BCUT2D eigenvalue weighted by Gasteiger charge is -2.26. The Labute approximate surface area is 143 Å². The van der Waals surface area contributed by atoms with Gasteiger partial charge in [0.2, 0.25) is 0 Å². The van der Waals surface area contributed by atoms with Gasteiger partial charge < -0.3 is 14.5 Å². The van der Waals surface area contributed by atoms with Gasteiger partial charge in [0.15, 0.2) is 0 Å². The number of nitrogens with zero attached hydrogens (tertiary/aromatic N) is 4. The van der Waals surface area contributed by atoms with Crippen LogP contribution in [0.3, 0.4) is 0 Å². The van der Waals surface area contributed by atoms with Crippen LogP contribution in [0.5, 0.6) is 0 Å². The minimum Gasteiger partial charge on any atom is -0.444 e. The van der Waals surface area contributed by atoms with Gasteiger partial charge in [-0.15, -0.1) is 0 Å². The molecule has 24 heavy (non-hydrogen) atoms. The molecule has 1 aromatic rings.